The Hall–Kier alpha value is -2.34. The van der Waals surface area contributed by atoms with E-state index in [2.05, 4.69) is 18.6 Å². The van der Waals surface area contributed by atoms with Crippen LogP contribution < -0.4 is 4.72 Å². The molecule has 0 aliphatic carbocycles. The average Bonchev–Trinajstić information content (AvgIpc) is 2.61. The first-order chi connectivity index (χ1) is 12.6. The van der Waals surface area contributed by atoms with Gasteiger partial charge < -0.3 is 4.90 Å². The lowest BCUT2D eigenvalue weighted by Gasteiger charge is -2.26. The molecule has 0 saturated heterocycles. The van der Waals surface area contributed by atoms with Crippen LogP contribution in [-0.2, 0) is 10.0 Å². The molecule has 2 aromatic carbocycles. The molecule has 0 aliphatic heterocycles. The highest BCUT2D eigenvalue weighted by Crippen LogP contribution is 2.19. The van der Waals surface area contributed by atoms with Gasteiger partial charge in [-0.2, -0.15) is 0 Å². The van der Waals surface area contributed by atoms with E-state index in [9.17, 15) is 13.2 Å². The Balaban J connectivity index is 2.13. The largest absolute Gasteiger partial charge is 0.339 e. The lowest BCUT2D eigenvalue weighted by atomic mass is 10.0. The number of aryl methyl sites for hydroxylation is 1. The first kappa shape index (κ1) is 21.0. The van der Waals surface area contributed by atoms with Crippen LogP contribution in [0.1, 0.15) is 43.1 Å². The van der Waals surface area contributed by atoms with Gasteiger partial charge in [0.15, 0.2) is 0 Å². The number of hydrogen-bond donors (Lipinski definition) is 1. The predicted molar refractivity (Wildman–Crippen MR) is 109 cm³/mol. The van der Waals surface area contributed by atoms with Crippen molar-refractivity contribution >= 4 is 21.6 Å². The van der Waals surface area contributed by atoms with Gasteiger partial charge in [0.2, 0.25) is 0 Å². The number of hydrogen-bond acceptors (Lipinski definition) is 3. The summed E-state index contributed by atoms with van der Waals surface area (Å²) in [5, 5.41) is 0. The number of carbonyl (C=O) groups excluding carboxylic acids is 1. The number of anilines is 1. The highest BCUT2D eigenvalue weighted by molar-refractivity contribution is 7.92. The Labute approximate surface area is 162 Å². The maximum Gasteiger partial charge on any atom is 0.261 e. The normalized spacial score (nSPS) is 12.7. The number of sulfonamides is 1. The van der Waals surface area contributed by atoms with Crippen LogP contribution in [0.2, 0.25) is 0 Å². The molecule has 0 radical (unpaired) electrons. The molecule has 1 atom stereocenters. The Kier molecular flexibility index (Phi) is 6.65. The highest BCUT2D eigenvalue weighted by atomic mass is 32.2. The van der Waals surface area contributed by atoms with Crippen LogP contribution in [0, 0.1) is 12.8 Å². The van der Waals surface area contributed by atoms with Gasteiger partial charge in [0.25, 0.3) is 15.9 Å². The lowest BCUT2D eigenvalue weighted by molar-refractivity contribution is 0.0728. The van der Waals surface area contributed by atoms with Gasteiger partial charge in [-0.05, 0) is 62.6 Å². The average molecular weight is 389 g/mol. The maximum absolute atomic E-state index is 12.6. The van der Waals surface area contributed by atoms with Crippen molar-refractivity contribution in [2.24, 2.45) is 5.92 Å². The van der Waals surface area contributed by atoms with Crippen molar-refractivity contribution in [3.8, 4) is 0 Å². The van der Waals surface area contributed by atoms with Crippen molar-refractivity contribution < 1.29 is 13.2 Å². The van der Waals surface area contributed by atoms with E-state index in [0.29, 0.717) is 17.2 Å². The molecule has 0 saturated carbocycles. The maximum atomic E-state index is 12.6. The minimum absolute atomic E-state index is 0.112. The summed E-state index contributed by atoms with van der Waals surface area (Å²) in [5.74, 6) is 0.384. The van der Waals surface area contributed by atoms with Gasteiger partial charge in [-0.1, -0.05) is 31.5 Å². The minimum Gasteiger partial charge on any atom is -0.339 e. The Bertz CT molecular complexity index is 873. The summed E-state index contributed by atoms with van der Waals surface area (Å²) in [6, 6.07) is 13.3. The van der Waals surface area contributed by atoms with E-state index in [4.69, 9.17) is 0 Å². The van der Waals surface area contributed by atoms with Gasteiger partial charge in [-0.25, -0.2) is 8.42 Å². The second-order valence-electron chi connectivity index (χ2n) is 7.39. The van der Waals surface area contributed by atoms with Gasteiger partial charge >= 0.3 is 0 Å². The second-order valence-corrected chi connectivity index (χ2v) is 9.07. The van der Waals surface area contributed by atoms with Crippen LogP contribution in [0.5, 0.6) is 0 Å². The zero-order chi connectivity index (χ0) is 20.2. The number of benzene rings is 2. The summed E-state index contributed by atoms with van der Waals surface area (Å²) in [6.45, 7) is 8.19. The lowest BCUT2D eigenvalue weighted by Crippen LogP contribution is -2.35. The molecule has 0 heterocycles. The summed E-state index contributed by atoms with van der Waals surface area (Å²) in [4.78, 5) is 14.4. The Morgan fingerprint density at radius 3 is 2.07 bits per heavy atom. The van der Waals surface area contributed by atoms with Crippen LogP contribution in [0.3, 0.4) is 0 Å². The fraction of sp³-hybridized carbons (Fsp3) is 0.381. The zero-order valence-corrected chi connectivity index (χ0v) is 17.4. The quantitative estimate of drug-likeness (QED) is 0.769. The molecule has 0 aromatic heterocycles. The third-order valence-corrected chi connectivity index (χ3v) is 5.91. The smallest absolute Gasteiger partial charge is 0.261 e. The molecule has 6 heteroatoms. The topological polar surface area (TPSA) is 66.5 Å². The molecule has 1 N–H and O–H groups in total. The number of rotatable bonds is 7. The van der Waals surface area contributed by atoms with E-state index in [1.807, 2.05) is 26.0 Å². The summed E-state index contributed by atoms with van der Waals surface area (Å²) in [6.07, 6.45) is 0.912. The molecule has 0 bridgehead atoms. The Morgan fingerprint density at radius 1 is 1.00 bits per heavy atom. The predicted octanol–water partition coefficient (Wildman–Crippen LogP) is 4.30. The van der Waals surface area contributed by atoms with Gasteiger partial charge in [-0.3, -0.25) is 9.52 Å². The molecule has 2 aromatic rings. The van der Waals surface area contributed by atoms with Crippen molar-refractivity contribution in [3.63, 3.8) is 0 Å². The van der Waals surface area contributed by atoms with E-state index in [1.165, 1.54) is 12.1 Å². The SMILES string of the molecule is Cc1ccc(NS(=O)(=O)c2ccc(C(=O)N(C)C(C)CC(C)C)cc2)cc1. The van der Waals surface area contributed by atoms with Crippen molar-refractivity contribution in [2.45, 2.75) is 45.1 Å². The third-order valence-electron chi connectivity index (χ3n) is 4.51. The molecule has 1 unspecified atom stereocenters. The fourth-order valence-electron chi connectivity index (χ4n) is 2.86. The third kappa shape index (κ3) is 5.57. The second kappa shape index (κ2) is 8.57. The highest BCUT2D eigenvalue weighted by Gasteiger charge is 2.20. The van der Waals surface area contributed by atoms with Crippen molar-refractivity contribution in [2.75, 3.05) is 11.8 Å². The Morgan fingerprint density at radius 2 is 1.56 bits per heavy atom. The number of carbonyl (C=O) groups is 1. The number of nitrogens with one attached hydrogen (secondary N) is 1. The van der Waals surface area contributed by atoms with E-state index in [1.54, 1.807) is 36.2 Å². The number of nitrogens with zero attached hydrogens (tertiary/aromatic N) is 1. The van der Waals surface area contributed by atoms with E-state index in [0.717, 1.165) is 12.0 Å². The van der Waals surface area contributed by atoms with Crippen LogP contribution in [0.25, 0.3) is 0 Å². The van der Waals surface area contributed by atoms with Gasteiger partial charge in [-0.15, -0.1) is 0 Å². The molecule has 0 spiro atoms. The molecular weight excluding hydrogens is 360 g/mol. The number of amides is 1. The molecule has 146 valence electrons. The van der Waals surface area contributed by atoms with Crippen LogP contribution in [-0.4, -0.2) is 32.3 Å². The summed E-state index contributed by atoms with van der Waals surface area (Å²) in [7, 11) is -1.92. The fourth-order valence-corrected chi connectivity index (χ4v) is 3.92. The first-order valence-electron chi connectivity index (χ1n) is 9.07. The van der Waals surface area contributed by atoms with E-state index in [-0.39, 0.29) is 16.8 Å². The van der Waals surface area contributed by atoms with Gasteiger partial charge in [0.05, 0.1) is 4.90 Å². The summed E-state index contributed by atoms with van der Waals surface area (Å²) in [5.41, 5.74) is 2.03. The van der Waals surface area contributed by atoms with E-state index < -0.39 is 10.0 Å². The molecule has 2 rings (SSSR count). The molecule has 0 fully saturated rings. The first-order valence-corrected chi connectivity index (χ1v) is 10.5. The zero-order valence-electron chi connectivity index (χ0n) is 16.6. The van der Waals surface area contributed by atoms with Crippen LogP contribution in [0.4, 0.5) is 5.69 Å². The van der Waals surface area contributed by atoms with Crippen LogP contribution >= 0.6 is 0 Å². The van der Waals surface area contributed by atoms with E-state index >= 15 is 0 Å². The molecule has 5 nitrogen and oxygen atoms in total. The molecule has 1 amide bonds. The monoisotopic (exact) mass is 388 g/mol. The van der Waals surface area contributed by atoms with Gasteiger partial charge in [0, 0.05) is 24.3 Å². The van der Waals surface area contributed by atoms with Crippen molar-refractivity contribution in [3.05, 3.63) is 59.7 Å². The summed E-state index contributed by atoms with van der Waals surface area (Å²) < 4.78 is 27.6. The van der Waals surface area contributed by atoms with Crippen molar-refractivity contribution in [1.29, 1.82) is 0 Å². The van der Waals surface area contributed by atoms with Gasteiger partial charge in [0.1, 0.15) is 0 Å². The summed E-state index contributed by atoms with van der Waals surface area (Å²) >= 11 is 0. The molecular formula is C21H28N2O3S. The molecule has 27 heavy (non-hydrogen) atoms. The standard InChI is InChI=1S/C21H28N2O3S/c1-15(2)14-17(4)23(5)21(24)18-8-12-20(13-9-18)27(25,26)22-19-10-6-16(3)7-11-19/h6-13,15,17,22H,14H2,1-5H3. The van der Waals surface area contributed by atoms with Crippen LogP contribution in [0.15, 0.2) is 53.4 Å². The minimum atomic E-state index is -3.70. The van der Waals surface area contributed by atoms with Crippen molar-refractivity contribution in [1.82, 2.24) is 4.90 Å². The molecule has 0 aliphatic rings.